The molecule has 13 heavy (non-hydrogen) atoms. The van der Waals surface area contributed by atoms with Crippen molar-refractivity contribution >= 4 is 8.80 Å². The van der Waals surface area contributed by atoms with Gasteiger partial charge in [-0.15, -0.1) is 0 Å². The van der Waals surface area contributed by atoms with Crippen LogP contribution in [0.5, 0.6) is 0 Å². The van der Waals surface area contributed by atoms with Crippen LogP contribution >= 0.6 is 0 Å². The molecule has 0 bridgehead atoms. The molecule has 4 heteroatoms. The lowest BCUT2D eigenvalue weighted by Crippen LogP contribution is -2.42. The van der Waals surface area contributed by atoms with Crippen molar-refractivity contribution in [3.8, 4) is 0 Å². The molecule has 0 atom stereocenters. The van der Waals surface area contributed by atoms with E-state index in [9.17, 15) is 4.80 Å². The van der Waals surface area contributed by atoms with Gasteiger partial charge in [-0.2, -0.15) is 0 Å². The Labute approximate surface area is 81.4 Å². The lowest BCUT2D eigenvalue weighted by molar-refractivity contribution is 0.141. The van der Waals surface area contributed by atoms with Gasteiger partial charge in [-0.25, -0.2) is 0 Å². The fourth-order valence-electron chi connectivity index (χ4n) is 2.01. The van der Waals surface area contributed by atoms with Gasteiger partial charge in [0.25, 0.3) is 0 Å². The summed E-state index contributed by atoms with van der Waals surface area (Å²) in [5.74, 6) is 0.616. The average molecular weight is 204 g/mol. The first-order valence-corrected chi connectivity index (χ1v) is 7.00. The molecule has 3 nitrogen and oxygen atoms in total. The molecule has 78 valence electrons. The normalized spacial score (nSPS) is 20.5. The Morgan fingerprint density at radius 3 is 2.15 bits per heavy atom. The van der Waals surface area contributed by atoms with E-state index >= 15 is 0 Å². The van der Waals surface area contributed by atoms with Gasteiger partial charge in [0, 0.05) is 20.3 Å². The van der Waals surface area contributed by atoms with Crippen LogP contribution in [0, 0.1) is 5.92 Å². The number of hydrogen-bond acceptors (Lipinski definition) is 3. The summed E-state index contributed by atoms with van der Waals surface area (Å²) in [5, 5.41) is 0. The van der Waals surface area contributed by atoms with Gasteiger partial charge in [0.1, 0.15) is 0 Å². The molecule has 1 aliphatic carbocycles. The summed E-state index contributed by atoms with van der Waals surface area (Å²) in [5.41, 5.74) is 0. The molecule has 0 radical (unpaired) electrons. The van der Waals surface area contributed by atoms with Crippen LogP contribution in [0.3, 0.4) is 0 Å². The summed E-state index contributed by atoms with van der Waals surface area (Å²) in [6, 6.07) is 0.736. The lowest BCUT2D eigenvalue weighted by atomic mass is 9.91. The van der Waals surface area contributed by atoms with Crippen LogP contribution in [-0.2, 0) is 8.85 Å². The molecule has 0 amide bonds. The lowest BCUT2D eigenvalue weighted by Gasteiger charge is -2.27. The van der Waals surface area contributed by atoms with Gasteiger partial charge in [0.05, 0.1) is 0 Å². The predicted octanol–water partition coefficient (Wildman–Crippen LogP) is 1.79. The van der Waals surface area contributed by atoms with E-state index in [0.717, 1.165) is 6.04 Å². The average Bonchev–Trinajstić information content (AvgIpc) is 2.19. The van der Waals surface area contributed by atoms with Crippen LogP contribution in [0.1, 0.15) is 32.1 Å². The first-order valence-electron chi connectivity index (χ1n) is 5.03. The molecule has 1 rings (SSSR count). The van der Waals surface area contributed by atoms with Gasteiger partial charge in [-0.05, 0) is 5.92 Å². The van der Waals surface area contributed by atoms with E-state index in [0.29, 0.717) is 5.92 Å². The topological polar surface area (TPSA) is 38.7 Å². The largest absolute Gasteiger partial charge is 0.497 e. The smallest absolute Gasteiger partial charge is 0.390 e. The van der Waals surface area contributed by atoms with Crippen LogP contribution in [0.4, 0.5) is 0 Å². The van der Waals surface area contributed by atoms with E-state index < -0.39 is 8.80 Å². The molecule has 0 heterocycles. The van der Waals surface area contributed by atoms with Crippen LogP contribution in [0.2, 0.25) is 6.04 Å². The monoisotopic (exact) mass is 204 g/mol. The SMILES string of the molecule is CO[Si](O)(CC1CCCCC1)OC. The van der Waals surface area contributed by atoms with Gasteiger partial charge in [-0.3, -0.25) is 0 Å². The fraction of sp³-hybridized carbons (Fsp3) is 1.00. The first kappa shape index (κ1) is 11.2. The second-order valence-electron chi connectivity index (χ2n) is 3.83. The highest BCUT2D eigenvalue weighted by atomic mass is 28.4. The van der Waals surface area contributed by atoms with Gasteiger partial charge in [0.15, 0.2) is 0 Å². The zero-order valence-electron chi connectivity index (χ0n) is 8.58. The molecule has 0 spiro atoms. The highest BCUT2D eigenvalue weighted by molar-refractivity contribution is 6.59. The molecule has 1 fully saturated rings. The molecule has 0 saturated heterocycles. The Morgan fingerprint density at radius 1 is 1.15 bits per heavy atom. The second kappa shape index (κ2) is 5.10. The van der Waals surface area contributed by atoms with Crippen LogP contribution in [-0.4, -0.2) is 27.8 Å². The minimum atomic E-state index is -2.78. The van der Waals surface area contributed by atoms with Gasteiger partial charge < -0.3 is 13.6 Å². The van der Waals surface area contributed by atoms with E-state index in [-0.39, 0.29) is 0 Å². The molecule has 0 unspecified atom stereocenters. The summed E-state index contributed by atoms with van der Waals surface area (Å²) in [4.78, 5) is 9.88. The van der Waals surface area contributed by atoms with E-state index in [2.05, 4.69) is 0 Å². The molecule has 0 aromatic heterocycles. The van der Waals surface area contributed by atoms with Crippen LogP contribution in [0.15, 0.2) is 0 Å². The summed E-state index contributed by atoms with van der Waals surface area (Å²) in [7, 11) is 0.296. The second-order valence-corrected chi connectivity index (χ2v) is 6.48. The third kappa shape index (κ3) is 3.38. The molecule has 1 N–H and O–H groups in total. The Hall–Kier alpha value is 0.0969. The van der Waals surface area contributed by atoms with E-state index in [4.69, 9.17) is 8.85 Å². The third-order valence-electron chi connectivity index (χ3n) is 2.91. The summed E-state index contributed by atoms with van der Waals surface area (Å²) in [6.45, 7) is 0. The van der Waals surface area contributed by atoms with Crippen molar-refractivity contribution in [1.29, 1.82) is 0 Å². The van der Waals surface area contributed by atoms with E-state index in [1.807, 2.05) is 0 Å². The molecular weight excluding hydrogens is 184 g/mol. The summed E-state index contributed by atoms with van der Waals surface area (Å²) >= 11 is 0. The van der Waals surface area contributed by atoms with Crippen molar-refractivity contribution in [2.75, 3.05) is 14.2 Å². The minimum Gasteiger partial charge on any atom is -0.390 e. The van der Waals surface area contributed by atoms with Crippen LogP contribution < -0.4 is 0 Å². The standard InChI is InChI=1S/C9H20O3Si/c1-11-13(10,12-2)8-9-6-4-3-5-7-9/h9-10H,3-8H2,1-2H3. The van der Waals surface area contributed by atoms with E-state index in [1.165, 1.54) is 32.1 Å². The van der Waals surface area contributed by atoms with Crippen molar-refractivity contribution in [2.24, 2.45) is 5.92 Å². The van der Waals surface area contributed by atoms with Crippen molar-refractivity contribution in [3.05, 3.63) is 0 Å². The van der Waals surface area contributed by atoms with Crippen LogP contribution in [0.25, 0.3) is 0 Å². The maximum Gasteiger partial charge on any atom is 0.497 e. The molecule has 0 aromatic carbocycles. The number of hydrogen-bond donors (Lipinski definition) is 1. The first-order chi connectivity index (χ1) is 6.20. The van der Waals surface area contributed by atoms with Gasteiger partial charge in [0.2, 0.25) is 0 Å². The maximum atomic E-state index is 9.88. The minimum absolute atomic E-state index is 0.616. The zero-order chi connectivity index (χ0) is 9.73. The fourth-order valence-corrected chi connectivity index (χ4v) is 3.64. The zero-order valence-corrected chi connectivity index (χ0v) is 9.58. The summed E-state index contributed by atoms with van der Waals surface area (Å²) < 4.78 is 10.1. The number of rotatable bonds is 4. The van der Waals surface area contributed by atoms with Gasteiger partial charge in [-0.1, -0.05) is 32.1 Å². The Balaban J connectivity index is 2.35. The molecule has 0 aromatic rings. The predicted molar refractivity (Wildman–Crippen MR) is 53.4 cm³/mol. The van der Waals surface area contributed by atoms with Crippen molar-refractivity contribution < 1.29 is 13.6 Å². The van der Waals surface area contributed by atoms with E-state index in [1.54, 1.807) is 14.2 Å². The Bertz CT molecular complexity index is 142. The van der Waals surface area contributed by atoms with Crippen molar-refractivity contribution in [3.63, 3.8) is 0 Å². The maximum absolute atomic E-state index is 9.88. The molecular formula is C9H20O3Si. The highest BCUT2D eigenvalue weighted by Gasteiger charge is 2.37. The Morgan fingerprint density at radius 2 is 1.69 bits per heavy atom. The van der Waals surface area contributed by atoms with Gasteiger partial charge >= 0.3 is 8.80 Å². The molecule has 1 aliphatic rings. The highest BCUT2D eigenvalue weighted by Crippen LogP contribution is 2.30. The summed E-state index contributed by atoms with van der Waals surface area (Å²) in [6.07, 6.45) is 6.38. The quantitative estimate of drug-likeness (QED) is 0.710. The van der Waals surface area contributed by atoms with Crippen molar-refractivity contribution in [2.45, 2.75) is 38.1 Å². The molecule has 0 aliphatic heterocycles. The third-order valence-corrected chi connectivity index (χ3v) is 5.28. The Kier molecular flexibility index (Phi) is 4.38. The molecule has 1 saturated carbocycles. The van der Waals surface area contributed by atoms with Crippen molar-refractivity contribution in [1.82, 2.24) is 0 Å².